The molecular formula is C63H93N13O16S2. The van der Waals surface area contributed by atoms with Gasteiger partial charge in [0.15, 0.2) is 0 Å². The molecule has 2 aromatic carbocycles. The summed E-state index contributed by atoms with van der Waals surface area (Å²) in [5.41, 5.74) is 19.6. The lowest BCUT2D eigenvalue weighted by Crippen LogP contribution is -2.62. The maximum Gasteiger partial charge on any atom is 0.305 e. The molecule has 0 aliphatic carbocycles. The van der Waals surface area contributed by atoms with Gasteiger partial charge in [0.25, 0.3) is 0 Å². The Hall–Kier alpha value is -7.42. The molecule has 29 nitrogen and oxygen atoms in total. The van der Waals surface area contributed by atoms with Gasteiger partial charge in [-0.15, -0.1) is 0 Å². The number of primary amides is 2. The smallest absolute Gasteiger partial charge is 0.305 e. The Labute approximate surface area is 555 Å². The van der Waals surface area contributed by atoms with Crippen LogP contribution in [-0.2, 0) is 91.5 Å². The van der Waals surface area contributed by atoms with Gasteiger partial charge >= 0.3 is 5.97 Å². The molecule has 2 bridgehead atoms. The summed E-state index contributed by atoms with van der Waals surface area (Å²) in [5.74, 6) is -9.38. The molecule has 6 rings (SSSR count). The molecule has 0 saturated carbocycles. The van der Waals surface area contributed by atoms with Crippen molar-refractivity contribution in [2.24, 2.45) is 17.2 Å². The number of benzene rings is 2. The van der Waals surface area contributed by atoms with Gasteiger partial charge < -0.3 is 83.5 Å². The molecule has 0 radical (unpaired) electrons. The number of aliphatic hydroxyl groups excluding tert-OH is 1. The summed E-state index contributed by atoms with van der Waals surface area (Å²) in [6.45, 7) is 7.14. The largest absolute Gasteiger partial charge is 0.481 e. The van der Waals surface area contributed by atoms with E-state index in [4.69, 9.17) is 26.7 Å². The average molecular weight is 1350 g/mol. The number of thioether (sulfide) groups is 2. The molecule has 0 aromatic heterocycles. The molecule has 4 aliphatic rings. The molecule has 9 atom stereocenters. The van der Waals surface area contributed by atoms with Gasteiger partial charge in [-0.25, -0.2) is 0 Å². The molecule has 4 aliphatic heterocycles. The number of hydrogen-bond acceptors (Lipinski definition) is 19. The Morgan fingerprint density at radius 2 is 1.35 bits per heavy atom. The highest BCUT2D eigenvalue weighted by atomic mass is 32.2. The average Bonchev–Trinajstić information content (AvgIpc) is 1.63. The quantitative estimate of drug-likeness (QED) is 0.0485. The summed E-state index contributed by atoms with van der Waals surface area (Å²) in [7, 11) is 0. The Kier molecular flexibility index (Phi) is 31.2. The zero-order chi connectivity index (χ0) is 68.3. The maximum absolute atomic E-state index is 14.9. The van der Waals surface area contributed by atoms with E-state index in [0.717, 1.165) is 29.5 Å². The Balaban J connectivity index is 1.38. The lowest BCUT2D eigenvalue weighted by Gasteiger charge is -2.35. The molecule has 4 heterocycles. The summed E-state index contributed by atoms with van der Waals surface area (Å²) in [4.78, 5) is 172. The van der Waals surface area contributed by atoms with Crippen molar-refractivity contribution in [3.8, 4) is 0 Å². The first-order valence-electron chi connectivity index (χ1n) is 32.1. The number of nitrogens with zero attached hydrogens (tertiary/aromatic N) is 4. The van der Waals surface area contributed by atoms with E-state index in [1.807, 2.05) is 25.1 Å². The van der Waals surface area contributed by atoms with E-state index < -0.39 is 133 Å². The van der Waals surface area contributed by atoms with Crippen molar-refractivity contribution in [1.29, 1.82) is 0 Å². The third kappa shape index (κ3) is 24.1. The molecule has 0 spiro atoms. The Morgan fingerprint density at radius 1 is 0.713 bits per heavy atom. The minimum Gasteiger partial charge on any atom is -0.481 e. The van der Waals surface area contributed by atoms with Crippen LogP contribution < -0.4 is 49.1 Å². The number of amides is 11. The maximum atomic E-state index is 14.9. The SMILES string of the molecule is CCCCCC(=O)N[C@H]1CSCc2cc(cc(CN3CCN(C(=O)COCCOCCN)CC3)c2)CSC[C@@H](C(=O)N[C@@H](CC(=O)O)C(N)=O)NC(=O)[C@H](Cc2ccccc2)NC(=O)[C@H](CCC(N)=O)NC(=O)[C@H]([C@@H](C)O)NC(=O)[C@@H]2CCCN2C(=O)[C@@H]2CCCN2C1=O. The zero-order valence-corrected chi connectivity index (χ0v) is 55.2. The summed E-state index contributed by atoms with van der Waals surface area (Å²) in [6.07, 6.45) is 0.0622. The molecule has 3 fully saturated rings. The van der Waals surface area contributed by atoms with Crippen LogP contribution in [0.1, 0.15) is 107 Å². The van der Waals surface area contributed by atoms with Crippen LogP contribution in [0.4, 0.5) is 0 Å². The highest BCUT2D eigenvalue weighted by Gasteiger charge is 2.45. The molecule has 3 saturated heterocycles. The molecule has 14 N–H and O–H groups in total. The van der Waals surface area contributed by atoms with Crippen LogP contribution in [0.2, 0.25) is 0 Å². The number of aliphatic carboxylic acids is 1. The number of nitrogens with two attached hydrogens (primary N) is 3. The third-order valence-corrected chi connectivity index (χ3v) is 18.7. The van der Waals surface area contributed by atoms with Crippen LogP contribution in [0.25, 0.3) is 0 Å². The van der Waals surface area contributed by atoms with Gasteiger partial charge in [0.2, 0.25) is 65.0 Å². The summed E-state index contributed by atoms with van der Waals surface area (Å²) < 4.78 is 10.9. The van der Waals surface area contributed by atoms with Crippen molar-refractivity contribution in [2.75, 3.05) is 83.7 Å². The molecule has 31 heteroatoms. The first-order chi connectivity index (χ1) is 45.0. The van der Waals surface area contributed by atoms with Crippen LogP contribution in [0.5, 0.6) is 0 Å². The zero-order valence-electron chi connectivity index (χ0n) is 53.6. The number of hydrogen-bond donors (Lipinski definition) is 11. The first kappa shape index (κ1) is 75.6. The van der Waals surface area contributed by atoms with Crippen molar-refractivity contribution in [3.05, 3.63) is 70.8 Å². The number of piperazine rings is 1. The lowest BCUT2D eigenvalue weighted by molar-refractivity contribution is -0.148. The van der Waals surface area contributed by atoms with Crippen molar-refractivity contribution < 1.29 is 77.2 Å². The highest BCUT2D eigenvalue weighted by molar-refractivity contribution is 7.98. The number of nitrogens with one attached hydrogen (secondary N) is 6. The van der Waals surface area contributed by atoms with E-state index >= 15 is 0 Å². The second-order valence-electron chi connectivity index (χ2n) is 23.9. The minimum absolute atomic E-state index is 0.0990. The fourth-order valence-electron chi connectivity index (χ4n) is 11.5. The fraction of sp³-hybridized carbons (Fsp3) is 0.619. The van der Waals surface area contributed by atoms with Crippen LogP contribution in [-0.4, -0.2) is 239 Å². The summed E-state index contributed by atoms with van der Waals surface area (Å²) >= 11 is 2.58. The number of carboxylic acid groups (broad SMARTS) is 1. The van der Waals surface area contributed by atoms with Gasteiger partial charge in [-0.1, -0.05) is 68.3 Å². The summed E-state index contributed by atoms with van der Waals surface area (Å²) in [6, 6.07) is 2.99. The van der Waals surface area contributed by atoms with Gasteiger partial charge in [0.1, 0.15) is 54.9 Å². The summed E-state index contributed by atoms with van der Waals surface area (Å²) in [5, 5.41) is 36.4. The predicted octanol–water partition coefficient (Wildman–Crippen LogP) is -1.88. The number of fused-ring (bicyclic) bond motifs is 4. The van der Waals surface area contributed by atoms with Crippen LogP contribution in [0.15, 0.2) is 48.5 Å². The van der Waals surface area contributed by atoms with Crippen LogP contribution in [0, 0.1) is 0 Å². The van der Waals surface area contributed by atoms with E-state index in [-0.39, 0.29) is 81.1 Å². The predicted molar refractivity (Wildman–Crippen MR) is 348 cm³/mol. The number of unbranched alkanes of at least 4 members (excludes halogenated alkanes) is 2. The Bertz CT molecular complexity index is 2940. The second kappa shape index (κ2) is 38.8. The van der Waals surface area contributed by atoms with E-state index in [9.17, 15) is 67.7 Å². The molecule has 2 aromatic rings. The molecular weight excluding hydrogens is 1260 g/mol. The number of rotatable bonds is 25. The van der Waals surface area contributed by atoms with E-state index in [2.05, 4.69) is 36.8 Å². The fourth-order valence-corrected chi connectivity index (χ4v) is 13.5. The highest BCUT2D eigenvalue weighted by Crippen LogP contribution is 2.28. The number of carbonyl (C=O) groups excluding carboxylic acids is 11. The monoisotopic (exact) mass is 1350 g/mol. The number of aliphatic hydroxyl groups is 1. The van der Waals surface area contributed by atoms with Gasteiger partial charge in [0.05, 0.1) is 32.3 Å². The van der Waals surface area contributed by atoms with Crippen LogP contribution in [0.3, 0.4) is 0 Å². The normalized spacial score (nSPS) is 23.2. The molecule has 0 unspecified atom stereocenters. The number of ether oxygens (including phenoxy) is 2. The Morgan fingerprint density at radius 3 is 1.99 bits per heavy atom. The van der Waals surface area contributed by atoms with Crippen molar-refractivity contribution in [3.63, 3.8) is 0 Å². The van der Waals surface area contributed by atoms with Gasteiger partial charge in [-0.05, 0) is 67.7 Å². The van der Waals surface area contributed by atoms with Gasteiger partial charge in [0, 0.05) is 94.6 Å². The lowest BCUT2D eigenvalue weighted by atomic mass is 10.0. The molecule has 518 valence electrons. The number of carbonyl (C=O) groups is 12. The van der Waals surface area contributed by atoms with E-state index in [1.165, 1.54) is 40.2 Å². The van der Waals surface area contributed by atoms with Crippen molar-refractivity contribution in [2.45, 2.75) is 163 Å². The van der Waals surface area contributed by atoms with Crippen LogP contribution >= 0.6 is 23.5 Å². The third-order valence-electron chi connectivity index (χ3n) is 16.5. The van der Waals surface area contributed by atoms with Gasteiger partial charge in [-0.3, -0.25) is 62.4 Å². The van der Waals surface area contributed by atoms with Crippen molar-refractivity contribution >= 4 is 94.5 Å². The minimum atomic E-state index is -1.74. The molecule has 11 amide bonds. The van der Waals surface area contributed by atoms with Gasteiger partial charge in [-0.2, -0.15) is 23.5 Å². The van der Waals surface area contributed by atoms with Crippen molar-refractivity contribution in [1.82, 2.24) is 51.5 Å². The van der Waals surface area contributed by atoms with E-state index in [1.54, 1.807) is 35.2 Å². The standard InChI is InChI=1S/C63H93N13O16S2/c1-3-4-6-15-52(79)67-48-38-94-36-43-29-41(33-73-21-23-74(24-22-73)53(80)34-92-27-26-91-25-18-64)28-42(30-43)35-93-37-47(59(86)69-45(56(66)83)32-54(81)82)71-58(85)46(31-40-11-7-5-8-12-40)70-57(84)44(16-17-51(65)78)68-61(88)55(39(2)77)72-60(87)49-13-9-19-75(49)63(90)50-14-10-20-76(50)62(48)89/h5,7-8,11-12,28-30,39,44-50,55,77H,3-4,6,9-10,13-27,31-38,64H2,1-2H3,(H2,65,78)(H2,66,83)(H,67,79)(H,68,88)(H,69,86)(H,70,84)(H,71,85)(H,72,87)(H,81,82)/t39-,44+,45+,46+,47+,48+,49+,50+,55+/m1/s1. The second-order valence-corrected chi connectivity index (χ2v) is 26.0. The number of carboxylic acids is 1. The molecule has 94 heavy (non-hydrogen) atoms. The first-order valence-corrected chi connectivity index (χ1v) is 34.4. The topological polar surface area (TPSA) is 427 Å². The van der Waals surface area contributed by atoms with E-state index in [0.29, 0.717) is 83.1 Å².